The molecule has 6 nitrogen and oxygen atoms in total. The van der Waals surface area contributed by atoms with Gasteiger partial charge in [-0.05, 0) is 65.9 Å². The smallest absolute Gasteiger partial charge is 0.322 e. The van der Waals surface area contributed by atoms with Crippen molar-refractivity contribution in [2.24, 2.45) is 0 Å². The van der Waals surface area contributed by atoms with Gasteiger partial charge in [0.05, 0.1) is 18.2 Å². The lowest BCUT2D eigenvalue weighted by atomic mass is 9.92. The first-order valence-electron chi connectivity index (χ1n) is 12.1. The number of carbonyl (C=O) groups excluding carboxylic acids is 1. The average Bonchev–Trinajstić information content (AvgIpc) is 3.23. The maximum atomic E-state index is 13.3. The molecule has 4 aromatic rings. The summed E-state index contributed by atoms with van der Waals surface area (Å²) in [6.07, 6.45) is -0.133. The summed E-state index contributed by atoms with van der Waals surface area (Å²) in [4.78, 5) is 14.8. The summed E-state index contributed by atoms with van der Waals surface area (Å²) in [7, 11) is 0. The maximum absolute atomic E-state index is 13.3. The van der Waals surface area contributed by atoms with Crippen molar-refractivity contribution in [3.63, 3.8) is 0 Å². The Morgan fingerprint density at radius 3 is 2.22 bits per heavy atom. The average molecular weight is 499 g/mol. The summed E-state index contributed by atoms with van der Waals surface area (Å²) in [6, 6.07) is 26.2. The van der Waals surface area contributed by atoms with E-state index < -0.39 is 18.2 Å². The molecule has 188 valence electrons. The number of carbonyl (C=O) groups is 1. The summed E-state index contributed by atoms with van der Waals surface area (Å²) in [6.45, 7) is 0. The Labute approximate surface area is 214 Å². The lowest BCUT2D eigenvalue weighted by molar-refractivity contribution is 0.159. The molecule has 2 amide bonds. The van der Waals surface area contributed by atoms with Gasteiger partial charge >= 0.3 is 6.03 Å². The van der Waals surface area contributed by atoms with Crippen LogP contribution in [0.2, 0.25) is 0 Å². The Balaban J connectivity index is 1.44. The van der Waals surface area contributed by atoms with E-state index in [0.29, 0.717) is 29.7 Å². The zero-order valence-electron chi connectivity index (χ0n) is 20.0. The minimum atomic E-state index is -0.842. The fourth-order valence-corrected chi connectivity index (χ4v) is 4.89. The molecule has 0 saturated carbocycles. The number of phenols is 2. The van der Waals surface area contributed by atoms with E-state index in [1.807, 2.05) is 54.6 Å². The van der Waals surface area contributed by atoms with Gasteiger partial charge in [-0.3, -0.25) is 4.90 Å². The number of phenolic OH excluding ortho intramolecular Hbond substituents is 2. The van der Waals surface area contributed by atoms with Crippen LogP contribution in [-0.4, -0.2) is 27.4 Å². The third kappa shape index (κ3) is 5.13. The molecule has 1 saturated heterocycles. The molecular weight excluding hydrogens is 471 g/mol. The van der Waals surface area contributed by atoms with Crippen LogP contribution < -0.4 is 10.2 Å². The molecule has 0 aromatic heterocycles. The number of halogens is 1. The number of hydrogen-bond donors (Lipinski definition) is 4. The van der Waals surface area contributed by atoms with Crippen molar-refractivity contribution in [3.05, 3.63) is 114 Å². The van der Waals surface area contributed by atoms with Crippen LogP contribution in [0.1, 0.15) is 36.1 Å². The number of hydrogen-bond acceptors (Lipinski definition) is 4. The first-order chi connectivity index (χ1) is 17.9. The molecular formula is C30H27FN2O4. The molecule has 7 heteroatoms. The number of amides is 2. The summed E-state index contributed by atoms with van der Waals surface area (Å²) in [5.74, 6) is -0.590. The fraction of sp³-hybridized carbons (Fsp3) is 0.167. The topological polar surface area (TPSA) is 93.0 Å². The number of urea groups is 1. The maximum Gasteiger partial charge on any atom is 0.322 e. The first-order valence-corrected chi connectivity index (χ1v) is 12.1. The monoisotopic (exact) mass is 498 g/mol. The molecule has 0 unspecified atom stereocenters. The van der Waals surface area contributed by atoms with E-state index in [4.69, 9.17) is 0 Å². The van der Waals surface area contributed by atoms with Gasteiger partial charge in [0.15, 0.2) is 0 Å². The van der Waals surface area contributed by atoms with Crippen LogP contribution in [0, 0.1) is 5.82 Å². The zero-order valence-corrected chi connectivity index (χ0v) is 20.0. The number of aromatic hydroxyl groups is 2. The third-order valence-electron chi connectivity index (χ3n) is 6.78. The number of aliphatic hydroxyl groups is 1. The molecule has 5 rings (SSSR count). The molecule has 0 radical (unpaired) electrons. The van der Waals surface area contributed by atoms with Crippen molar-refractivity contribution >= 4 is 11.7 Å². The highest BCUT2D eigenvalue weighted by molar-refractivity contribution is 5.96. The highest BCUT2D eigenvalue weighted by Crippen LogP contribution is 2.41. The van der Waals surface area contributed by atoms with Crippen LogP contribution in [0.3, 0.4) is 0 Å². The van der Waals surface area contributed by atoms with E-state index in [2.05, 4.69) is 5.32 Å². The van der Waals surface area contributed by atoms with Crippen LogP contribution >= 0.6 is 0 Å². The Kier molecular flexibility index (Phi) is 6.79. The molecule has 37 heavy (non-hydrogen) atoms. The normalized spacial score (nSPS) is 18.0. The van der Waals surface area contributed by atoms with Crippen molar-refractivity contribution in [3.8, 4) is 22.6 Å². The van der Waals surface area contributed by atoms with Crippen LogP contribution in [0.5, 0.6) is 11.5 Å². The Hall–Kier alpha value is -4.36. The lowest BCUT2D eigenvalue weighted by Gasteiger charge is -2.28. The Morgan fingerprint density at radius 1 is 0.865 bits per heavy atom. The Bertz CT molecular complexity index is 1380. The molecule has 0 spiro atoms. The minimum Gasteiger partial charge on any atom is -0.508 e. The van der Waals surface area contributed by atoms with Crippen molar-refractivity contribution in [1.29, 1.82) is 0 Å². The highest BCUT2D eigenvalue weighted by atomic mass is 19.1. The largest absolute Gasteiger partial charge is 0.508 e. The number of aliphatic hydroxyl groups excluding tert-OH is 1. The van der Waals surface area contributed by atoms with Gasteiger partial charge in [-0.2, -0.15) is 0 Å². The van der Waals surface area contributed by atoms with Crippen molar-refractivity contribution < 1.29 is 24.5 Å². The van der Waals surface area contributed by atoms with Gasteiger partial charge in [0.25, 0.3) is 0 Å². The van der Waals surface area contributed by atoms with E-state index in [9.17, 15) is 24.5 Å². The van der Waals surface area contributed by atoms with Gasteiger partial charge < -0.3 is 20.6 Å². The lowest BCUT2D eigenvalue weighted by Crippen LogP contribution is -2.29. The summed E-state index contributed by atoms with van der Waals surface area (Å²) >= 11 is 0. The van der Waals surface area contributed by atoms with Gasteiger partial charge in [-0.1, -0.05) is 54.6 Å². The van der Waals surface area contributed by atoms with E-state index in [1.54, 1.807) is 11.0 Å². The number of nitrogens with zero attached hydrogens (tertiary/aromatic N) is 1. The van der Waals surface area contributed by atoms with Crippen LogP contribution in [0.15, 0.2) is 97.1 Å². The molecule has 1 aliphatic rings. The predicted octanol–water partition coefficient (Wildman–Crippen LogP) is 6.06. The summed E-state index contributed by atoms with van der Waals surface area (Å²) in [5.41, 5.74) is 3.77. The highest BCUT2D eigenvalue weighted by Gasteiger charge is 2.42. The molecule has 3 atom stereocenters. The van der Waals surface area contributed by atoms with Crippen LogP contribution in [0.25, 0.3) is 11.1 Å². The molecule has 0 aliphatic carbocycles. The minimum absolute atomic E-state index is 0.0828. The molecule has 1 aliphatic heterocycles. The van der Waals surface area contributed by atoms with Gasteiger partial charge in [-0.25, -0.2) is 9.18 Å². The summed E-state index contributed by atoms with van der Waals surface area (Å²) < 4.78 is 13.3. The van der Waals surface area contributed by atoms with E-state index in [1.165, 1.54) is 36.4 Å². The van der Waals surface area contributed by atoms with Crippen LogP contribution in [0.4, 0.5) is 14.9 Å². The zero-order chi connectivity index (χ0) is 25.9. The van der Waals surface area contributed by atoms with E-state index in [-0.39, 0.29) is 23.3 Å². The van der Waals surface area contributed by atoms with Crippen LogP contribution in [-0.2, 0) is 0 Å². The number of anilines is 1. The number of rotatable bonds is 7. The molecule has 1 heterocycles. The van der Waals surface area contributed by atoms with Gasteiger partial charge in [0, 0.05) is 17.3 Å². The van der Waals surface area contributed by atoms with Gasteiger partial charge in [-0.15, -0.1) is 0 Å². The van der Waals surface area contributed by atoms with Gasteiger partial charge in [0.2, 0.25) is 0 Å². The fourth-order valence-electron chi connectivity index (χ4n) is 4.89. The second kappa shape index (κ2) is 10.3. The SMILES string of the molecule is O=C1N[C@H](CC[C@H](O)c2ccc(F)cc2)[C@@H](c2ccc(O)cc2O)N1c1ccc(-c2ccccc2)cc1. The number of benzene rings is 4. The predicted molar refractivity (Wildman–Crippen MR) is 140 cm³/mol. The quantitative estimate of drug-likeness (QED) is 0.249. The molecule has 0 bridgehead atoms. The van der Waals surface area contributed by atoms with Crippen molar-refractivity contribution in [2.75, 3.05) is 4.90 Å². The van der Waals surface area contributed by atoms with Gasteiger partial charge in [0.1, 0.15) is 17.3 Å². The second-order valence-electron chi connectivity index (χ2n) is 9.17. The van der Waals surface area contributed by atoms with E-state index >= 15 is 0 Å². The van der Waals surface area contributed by atoms with E-state index in [0.717, 1.165) is 11.1 Å². The molecule has 4 aromatic carbocycles. The first kappa shape index (κ1) is 24.3. The number of nitrogens with one attached hydrogen (secondary N) is 1. The Morgan fingerprint density at radius 2 is 1.54 bits per heavy atom. The second-order valence-corrected chi connectivity index (χ2v) is 9.17. The third-order valence-corrected chi connectivity index (χ3v) is 6.78. The molecule has 1 fully saturated rings. The van der Waals surface area contributed by atoms with Crippen molar-refractivity contribution in [1.82, 2.24) is 5.32 Å². The summed E-state index contributed by atoms with van der Waals surface area (Å²) in [5, 5.41) is 34.2. The molecule has 4 N–H and O–H groups in total. The van der Waals surface area contributed by atoms with Crippen molar-refractivity contribution in [2.45, 2.75) is 31.0 Å². The standard InChI is InChI=1S/C30H27FN2O4/c31-22-10-6-21(7-11-22)27(35)17-16-26-29(25-15-14-24(34)18-28(25)36)33(30(37)32-26)23-12-8-20(9-13-23)19-4-2-1-3-5-19/h1-15,18,26-27,29,34-36H,16-17H2,(H,32,37)/t26-,27+,29-/m1/s1.